The van der Waals surface area contributed by atoms with Gasteiger partial charge in [0.25, 0.3) is 0 Å². The molecule has 0 heterocycles. The molecule has 3 rings (SSSR count). The van der Waals surface area contributed by atoms with Gasteiger partial charge in [-0.2, -0.15) is 0 Å². The molecular formula is C21H25NO6. The Morgan fingerprint density at radius 3 is 2.43 bits per heavy atom. The summed E-state index contributed by atoms with van der Waals surface area (Å²) < 4.78 is 6.04. The van der Waals surface area contributed by atoms with E-state index in [1.54, 1.807) is 11.0 Å². The lowest BCUT2D eigenvalue weighted by Gasteiger charge is -2.29. The van der Waals surface area contributed by atoms with E-state index in [1.165, 1.54) is 36.8 Å². The average Bonchev–Trinajstić information content (AvgIpc) is 2.69. The highest BCUT2D eigenvalue weighted by molar-refractivity contribution is 5.92. The van der Waals surface area contributed by atoms with Crippen LogP contribution >= 0.6 is 0 Å². The number of phenolic OH excluding ortho intramolecular Hbond substituents is 2. The van der Waals surface area contributed by atoms with Crippen molar-refractivity contribution in [1.29, 1.82) is 0 Å². The molecule has 1 saturated carbocycles. The summed E-state index contributed by atoms with van der Waals surface area (Å²) >= 11 is 0. The fraction of sp³-hybridized carbons (Fsp3) is 0.381. The van der Waals surface area contributed by atoms with Gasteiger partial charge in [-0.25, -0.2) is 4.79 Å². The highest BCUT2D eigenvalue weighted by Gasteiger charge is 2.19. The Morgan fingerprint density at radius 1 is 1.00 bits per heavy atom. The number of anilines is 1. The molecule has 0 amide bonds. The van der Waals surface area contributed by atoms with Gasteiger partial charge in [-0.1, -0.05) is 19.3 Å². The molecule has 1 aliphatic rings. The molecule has 2 aromatic carbocycles. The van der Waals surface area contributed by atoms with Crippen molar-refractivity contribution in [2.75, 3.05) is 11.6 Å². The zero-order chi connectivity index (χ0) is 20.1. The zero-order valence-electron chi connectivity index (χ0n) is 15.5. The van der Waals surface area contributed by atoms with E-state index < -0.39 is 5.97 Å². The van der Waals surface area contributed by atoms with Gasteiger partial charge >= 0.3 is 5.97 Å². The maximum Gasteiger partial charge on any atom is 0.339 e. The molecule has 0 aromatic heterocycles. The lowest BCUT2D eigenvalue weighted by molar-refractivity contribution is 0.0282. The topological polar surface area (TPSA) is 110 Å². The number of hydrogen-bond acceptors (Lipinski definition) is 6. The quantitative estimate of drug-likeness (QED) is 0.422. The van der Waals surface area contributed by atoms with Crippen LogP contribution in [0, 0.1) is 0 Å². The van der Waals surface area contributed by atoms with Crippen molar-refractivity contribution in [3.05, 3.63) is 47.5 Å². The van der Waals surface area contributed by atoms with Crippen LogP contribution in [0.3, 0.4) is 0 Å². The van der Waals surface area contributed by atoms with Crippen LogP contribution in [0.4, 0.5) is 5.69 Å². The van der Waals surface area contributed by atoms with E-state index in [2.05, 4.69) is 0 Å². The van der Waals surface area contributed by atoms with Gasteiger partial charge in [0.1, 0.15) is 29.5 Å². The van der Waals surface area contributed by atoms with Crippen LogP contribution in [0.2, 0.25) is 0 Å². The molecule has 0 unspecified atom stereocenters. The standard InChI is InChI=1S/C21H25NO6/c23-16-7-9-19(24)14(10-16)12-22(13-28-17-4-2-1-3-5-17)15-6-8-20(25)18(11-15)21(26)27/h6-11,17,23-25H,1-5,12-13H2,(H,26,27). The monoisotopic (exact) mass is 387 g/mol. The van der Waals surface area contributed by atoms with Crippen molar-refractivity contribution < 1.29 is 30.0 Å². The number of aromatic hydroxyl groups is 3. The van der Waals surface area contributed by atoms with Crippen molar-refractivity contribution in [3.8, 4) is 17.2 Å². The lowest BCUT2D eigenvalue weighted by Crippen LogP contribution is -2.30. The minimum Gasteiger partial charge on any atom is -0.508 e. The minimum absolute atomic E-state index is 0.0257. The van der Waals surface area contributed by atoms with Gasteiger partial charge in [0.2, 0.25) is 0 Å². The maximum absolute atomic E-state index is 11.4. The molecule has 7 heteroatoms. The van der Waals surface area contributed by atoms with Crippen molar-refractivity contribution in [2.24, 2.45) is 0 Å². The summed E-state index contributed by atoms with van der Waals surface area (Å²) in [6, 6.07) is 8.57. The Hall–Kier alpha value is -2.93. The Bertz CT molecular complexity index is 832. The second-order valence-corrected chi connectivity index (χ2v) is 7.07. The summed E-state index contributed by atoms with van der Waals surface area (Å²) in [7, 11) is 0. The number of carbonyl (C=O) groups is 1. The fourth-order valence-electron chi connectivity index (χ4n) is 3.43. The third-order valence-corrected chi connectivity index (χ3v) is 5.02. The Kier molecular flexibility index (Phi) is 6.26. The molecule has 0 spiro atoms. The molecule has 1 fully saturated rings. The van der Waals surface area contributed by atoms with Crippen molar-refractivity contribution >= 4 is 11.7 Å². The molecular weight excluding hydrogens is 362 g/mol. The predicted molar refractivity (Wildman–Crippen MR) is 104 cm³/mol. The first-order valence-corrected chi connectivity index (χ1v) is 9.38. The number of rotatable bonds is 7. The van der Waals surface area contributed by atoms with E-state index in [1.807, 2.05) is 0 Å². The fourth-order valence-corrected chi connectivity index (χ4v) is 3.43. The first-order chi connectivity index (χ1) is 13.4. The number of phenols is 3. The SMILES string of the molecule is O=C(O)c1cc(N(COC2CCCCC2)Cc2cc(O)ccc2O)ccc1O. The van der Waals surface area contributed by atoms with E-state index in [9.17, 15) is 25.2 Å². The van der Waals surface area contributed by atoms with Crippen LogP contribution in [0.15, 0.2) is 36.4 Å². The molecule has 7 nitrogen and oxygen atoms in total. The van der Waals surface area contributed by atoms with Gasteiger partial charge in [-0.05, 0) is 49.2 Å². The third-order valence-electron chi connectivity index (χ3n) is 5.02. The number of benzene rings is 2. The first kappa shape index (κ1) is 19.8. The third kappa shape index (κ3) is 4.86. The summed E-state index contributed by atoms with van der Waals surface area (Å²) in [6.45, 7) is 0.403. The van der Waals surface area contributed by atoms with Gasteiger partial charge in [-0.15, -0.1) is 0 Å². The smallest absolute Gasteiger partial charge is 0.339 e. The lowest BCUT2D eigenvalue weighted by atomic mass is 9.98. The summed E-state index contributed by atoms with van der Waals surface area (Å²) in [5.74, 6) is -1.49. The number of carboxylic acid groups (broad SMARTS) is 1. The van der Waals surface area contributed by atoms with Crippen molar-refractivity contribution in [1.82, 2.24) is 0 Å². The predicted octanol–water partition coefficient (Wildman–Crippen LogP) is 3.82. The van der Waals surface area contributed by atoms with Crippen LogP contribution in [0.1, 0.15) is 48.0 Å². The maximum atomic E-state index is 11.4. The molecule has 0 radical (unpaired) electrons. The van der Waals surface area contributed by atoms with Gasteiger partial charge in [-0.3, -0.25) is 0 Å². The number of ether oxygens (including phenoxy) is 1. The second kappa shape index (κ2) is 8.84. The van der Waals surface area contributed by atoms with Gasteiger partial charge in [0, 0.05) is 17.8 Å². The Balaban J connectivity index is 1.86. The molecule has 2 aromatic rings. The molecule has 0 aliphatic heterocycles. The van der Waals surface area contributed by atoms with Crippen LogP contribution in [0.5, 0.6) is 17.2 Å². The normalized spacial score (nSPS) is 14.7. The highest BCUT2D eigenvalue weighted by atomic mass is 16.5. The van der Waals surface area contributed by atoms with E-state index in [4.69, 9.17) is 4.74 Å². The zero-order valence-corrected chi connectivity index (χ0v) is 15.5. The van der Waals surface area contributed by atoms with Gasteiger partial charge in [0.15, 0.2) is 0 Å². The molecule has 150 valence electrons. The minimum atomic E-state index is -1.23. The molecule has 0 saturated heterocycles. The van der Waals surface area contributed by atoms with Crippen LogP contribution < -0.4 is 4.90 Å². The number of aromatic carboxylic acids is 1. The molecule has 0 atom stereocenters. The van der Waals surface area contributed by atoms with E-state index >= 15 is 0 Å². The molecule has 0 bridgehead atoms. The van der Waals surface area contributed by atoms with E-state index in [-0.39, 0.29) is 42.2 Å². The van der Waals surface area contributed by atoms with Crippen LogP contribution in [-0.2, 0) is 11.3 Å². The Morgan fingerprint density at radius 2 is 1.71 bits per heavy atom. The highest BCUT2D eigenvalue weighted by Crippen LogP contribution is 2.29. The molecule has 4 N–H and O–H groups in total. The number of nitrogens with zero attached hydrogens (tertiary/aromatic N) is 1. The van der Waals surface area contributed by atoms with Gasteiger partial charge < -0.3 is 30.1 Å². The van der Waals surface area contributed by atoms with E-state index in [0.29, 0.717) is 11.3 Å². The van der Waals surface area contributed by atoms with E-state index in [0.717, 1.165) is 25.7 Å². The summed E-state index contributed by atoms with van der Waals surface area (Å²) in [6.07, 6.45) is 5.58. The van der Waals surface area contributed by atoms with Crippen molar-refractivity contribution in [3.63, 3.8) is 0 Å². The number of hydrogen-bond donors (Lipinski definition) is 4. The van der Waals surface area contributed by atoms with Crippen LogP contribution in [0.25, 0.3) is 0 Å². The molecule has 28 heavy (non-hydrogen) atoms. The summed E-state index contributed by atoms with van der Waals surface area (Å²) in [5.41, 5.74) is 0.811. The molecule has 1 aliphatic carbocycles. The Labute approximate surface area is 163 Å². The van der Waals surface area contributed by atoms with Gasteiger partial charge in [0.05, 0.1) is 6.10 Å². The number of carboxylic acids is 1. The first-order valence-electron chi connectivity index (χ1n) is 9.38. The summed E-state index contributed by atoms with van der Waals surface area (Å²) in [4.78, 5) is 13.1. The van der Waals surface area contributed by atoms with Crippen LogP contribution in [-0.4, -0.2) is 39.2 Å². The largest absolute Gasteiger partial charge is 0.508 e. The van der Waals surface area contributed by atoms with Crippen molar-refractivity contribution in [2.45, 2.75) is 44.8 Å². The average molecular weight is 387 g/mol. The second-order valence-electron chi connectivity index (χ2n) is 7.07. The summed E-state index contributed by atoms with van der Waals surface area (Å²) in [5, 5.41) is 38.9.